The van der Waals surface area contributed by atoms with Gasteiger partial charge in [-0.1, -0.05) is 322 Å². The van der Waals surface area contributed by atoms with Gasteiger partial charge >= 0.3 is 0 Å². The first-order valence-corrected chi connectivity index (χ1v) is 42.9. The van der Waals surface area contributed by atoms with E-state index in [9.17, 15) is 0 Å². The zero-order valence-electron chi connectivity index (χ0n) is 59.6. The molecule has 0 atom stereocenters. The van der Waals surface area contributed by atoms with Gasteiger partial charge in [-0.2, -0.15) is 0 Å². The SMILES string of the molecule is CC(C)(C)c1ccc2c(-c3cc4ccc5cc(-c6ccc7cc(-c8c9cc([Si](C)(C)C)ccc9c(-c9cc%10ccc%11ccccc%11c%10c%10ccccc9%10)c9cc([Si](C)(C)C)ccc89)ccc7c6)ccc5c4c4ccccc34)c3cc(C(C)(C)C)ccc3c(-c3ccc4ccccc4c3)c2c1. The second-order valence-electron chi connectivity index (χ2n) is 32.8. The van der Waals surface area contributed by atoms with Gasteiger partial charge in [0.05, 0.1) is 16.1 Å². The van der Waals surface area contributed by atoms with E-state index in [1.54, 1.807) is 0 Å². The van der Waals surface area contributed by atoms with Crippen molar-refractivity contribution in [2.24, 2.45) is 0 Å². The molecule has 18 aromatic rings. The Hall–Kier alpha value is -10.5. The van der Waals surface area contributed by atoms with Crippen molar-refractivity contribution in [3.8, 4) is 55.6 Å². The van der Waals surface area contributed by atoms with Crippen molar-refractivity contribution < 1.29 is 0 Å². The Labute approximate surface area is 589 Å². The minimum atomic E-state index is -1.76. The van der Waals surface area contributed by atoms with Gasteiger partial charge in [0, 0.05) is 0 Å². The molecule has 2 heteroatoms. The summed E-state index contributed by atoms with van der Waals surface area (Å²) in [6.45, 7) is 29.0. The van der Waals surface area contributed by atoms with Crippen LogP contribution in [-0.2, 0) is 10.8 Å². The number of hydrogen-bond acceptors (Lipinski definition) is 0. The number of hydrogen-bond donors (Lipinski definition) is 0. The molecule has 18 rings (SSSR count). The molecule has 0 aliphatic carbocycles. The molecule has 0 heterocycles. The molecule has 100 heavy (non-hydrogen) atoms. The third kappa shape index (κ3) is 10.0. The molecule has 0 radical (unpaired) electrons. The number of fused-ring (bicyclic) bond motifs is 16. The van der Waals surface area contributed by atoms with Crippen LogP contribution in [0.1, 0.15) is 52.7 Å². The topological polar surface area (TPSA) is 0 Å². The first-order valence-electron chi connectivity index (χ1n) is 35.9. The van der Waals surface area contributed by atoms with Gasteiger partial charge in [-0.25, -0.2) is 0 Å². The van der Waals surface area contributed by atoms with Gasteiger partial charge in [0.1, 0.15) is 0 Å². The maximum atomic E-state index is 2.59. The third-order valence-corrected chi connectivity index (χ3v) is 26.4. The van der Waals surface area contributed by atoms with Gasteiger partial charge < -0.3 is 0 Å². The van der Waals surface area contributed by atoms with Gasteiger partial charge in [0.15, 0.2) is 0 Å². The van der Waals surface area contributed by atoms with Crippen molar-refractivity contribution in [2.45, 2.75) is 91.7 Å². The number of benzene rings is 18. The molecule has 18 aromatic carbocycles. The lowest BCUT2D eigenvalue weighted by Gasteiger charge is -2.25. The molecular formula is C98H82Si2. The van der Waals surface area contributed by atoms with Gasteiger partial charge in [-0.3, -0.25) is 0 Å². The van der Waals surface area contributed by atoms with E-state index in [-0.39, 0.29) is 10.8 Å². The molecule has 482 valence electrons. The van der Waals surface area contributed by atoms with Crippen molar-refractivity contribution >= 4 is 156 Å². The van der Waals surface area contributed by atoms with E-state index in [4.69, 9.17) is 0 Å². The van der Waals surface area contributed by atoms with Crippen LogP contribution in [0.4, 0.5) is 0 Å². The van der Waals surface area contributed by atoms with Gasteiger partial charge in [0.25, 0.3) is 0 Å². The summed E-state index contributed by atoms with van der Waals surface area (Å²) in [5.74, 6) is 0. The quantitative estimate of drug-likeness (QED) is 0.0848. The molecule has 0 aromatic heterocycles. The smallest absolute Gasteiger partial charge is 0.0656 e. The molecule has 0 N–H and O–H groups in total. The van der Waals surface area contributed by atoms with Crippen LogP contribution >= 0.6 is 0 Å². The summed E-state index contributed by atoms with van der Waals surface area (Å²) in [4.78, 5) is 0. The molecule has 0 aliphatic rings. The van der Waals surface area contributed by atoms with E-state index in [2.05, 4.69) is 360 Å². The molecular weight excluding hydrogens is 1230 g/mol. The Bertz CT molecular complexity index is 6550. The Morgan fingerprint density at radius 1 is 0.200 bits per heavy atom. The van der Waals surface area contributed by atoms with Crippen LogP contribution in [0.3, 0.4) is 0 Å². The minimum Gasteiger partial charge on any atom is -0.0656 e. The largest absolute Gasteiger partial charge is 0.0776 e. The van der Waals surface area contributed by atoms with Gasteiger partial charge in [-0.15, -0.1) is 0 Å². The Morgan fingerprint density at radius 2 is 0.520 bits per heavy atom. The molecule has 0 saturated carbocycles. The lowest BCUT2D eigenvalue weighted by atomic mass is 9.78. The van der Waals surface area contributed by atoms with E-state index < -0.39 is 16.1 Å². The third-order valence-electron chi connectivity index (χ3n) is 22.3. The van der Waals surface area contributed by atoms with Crippen LogP contribution in [0.2, 0.25) is 39.3 Å². The van der Waals surface area contributed by atoms with Crippen LogP contribution in [0, 0.1) is 0 Å². The normalized spacial score (nSPS) is 12.8. The zero-order chi connectivity index (χ0) is 68.5. The van der Waals surface area contributed by atoms with Gasteiger partial charge in [0.2, 0.25) is 0 Å². The second kappa shape index (κ2) is 22.5. The summed E-state index contributed by atoms with van der Waals surface area (Å²) in [6, 6.07) is 109. The Morgan fingerprint density at radius 3 is 1.03 bits per heavy atom. The highest BCUT2D eigenvalue weighted by atomic mass is 28.3. The molecule has 0 bridgehead atoms. The summed E-state index contributed by atoms with van der Waals surface area (Å²) in [5, 5.41) is 33.7. The van der Waals surface area contributed by atoms with Crippen LogP contribution in [0.5, 0.6) is 0 Å². The fourth-order valence-corrected chi connectivity index (χ4v) is 19.2. The summed E-state index contributed by atoms with van der Waals surface area (Å²) < 4.78 is 0. The highest BCUT2D eigenvalue weighted by Gasteiger charge is 2.28. The van der Waals surface area contributed by atoms with Crippen LogP contribution in [0.25, 0.3) is 185 Å². The first-order chi connectivity index (χ1) is 48.1. The van der Waals surface area contributed by atoms with Crippen molar-refractivity contribution in [1.82, 2.24) is 0 Å². The fraction of sp³-hybridized carbons (Fsp3) is 0.143. The van der Waals surface area contributed by atoms with E-state index in [0.717, 1.165) is 0 Å². The standard InChI is InChI=1S/C98H82Si2/c1-97(2,3)71-41-46-83-87(55-71)93(67-35-29-59-21-13-14-23-61(59)51-67)81-45-40-72(98(4,5)6)56-88(81)95(83)85-54-70-38-34-66-50-65(39-44-76(66)92(70)80-28-20-18-26-78(80)85)62-31-32-64-52-68(37-33-63(64)49-62)94-82-47-42-74(100(10,11)12)58-90(82)96(84-48-43-73(57-89(84)94)99(7,8)9)86-53-69-36-30-60-22-15-16-24-75(60)91(69)79-27-19-17-25-77(79)86/h13-58H,1-12H3. The van der Waals surface area contributed by atoms with Crippen molar-refractivity contribution in [3.05, 3.63) is 290 Å². The lowest BCUT2D eigenvalue weighted by Crippen LogP contribution is -2.37. The van der Waals surface area contributed by atoms with E-state index in [1.165, 1.54) is 206 Å². The maximum Gasteiger partial charge on any atom is 0.0776 e. The summed E-state index contributed by atoms with van der Waals surface area (Å²) in [7, 11) is -3.52. The predicted octanol–water partition coefficient (Wildman–Crippen LogP) is 27.5. The molecule has 0 nitrogen and oxygen atoms in total. The molecule has 0 spiro atoms. The van der Waals surface area contributed by atoms with Crippen LogP contribution in [0.15, 0.2) is 279 Å². The summed E-state index contributed by atoms with van der Waals surface area (Å²) in [6.07, 6.45) is 0. The van der Waals surface area contributed by atoms with E-state index in [1.807, 2.05) is 0 Å². The number of rotatable bonds is 7. The van der Waals surface area contributed by atoms with E-state index >= 15 is 0 Å². The average molecular weight is 1320 g/mol. The molecule has 0 saturated heterocycles. The highest BCUT2D eigenvalue weighted by molar-refractivity contribution is 6.89. The Kier molecular flexibility index (Phi) is 13.9. The van der Waals surface area contributed by atoms with Crippen molar-refractivity contribution in [3.63, 3.8) is 0 Å². The van der Waals surface area contributed by atoms with Crippen LogP contribution < -0.4 is 10.4 Å². The van der Waals surface area contributed by atoms with Crippen LogP contribution in [-0.4, -0.2) is 16.1 Å². The monoisotopic (exact) mass is 1310 g/mol. The van der Waals surface area contributed by atoms with Gasteiger partial charge in [-0.05, 0) is 255 Å². The van der Waals surface area contributed by atoms with Crippen molar-refractivity contribution in [2.75, 3.05) is 0 Å². The average Bonchev–Trinajstić information content (AvgIpc) is 0.716. The minimum absolute atomic E-state index is 0.0410. The molecule has 0 fully saturated rings. The first kappa shape index (κ1) is 61.8. The molecule has 0 unspecified atom stereocenters. The molecule has 0 aliphatic heterocycles. The zero-order valence-corrected chi connectivity index (χ0v) is 61.6. The fourth-order valence-electron chi connectivity index (χ4n) is 16.9. The maximum absolute atomic E-state index is 2.59. The molecule has 0 amide bonds. The van der Waals surface area contributed by atoms with Crippen molar-refractivity contribution in [1.29, 1.82) is 0 Å². The highest BCUT2D eigenvalue weighted by Crippen LogP contribution is 2.52. The second-order valence-corrected chi connectivity index (χ2v) is 43.0. The predicted molar refractivity (Wildman–Crippen MR) is 447 cm³/mol. The summed E-state index contributed by atoms with van der Waals surface area (Å²) in [5.41, 5.74) is 15.3. The Balaban J connectivity index is 0.785. The summed E-state index contributed by atoms with van der Waals surface area (Å²) >= 11 is 0. The lowest BCUT2D eigenvalue weighted by molar-refractivity contribution is 0.590. The van der Waals surface area contributed by atoms with E-state index in [0.29, 0.717) is 0 Å².